The molecule has 0 unspecified atom stereocenters. The second-order valence-corrected chi connectivity index (χ2v) is 5.77. The maximum absolute atomic E-state index is 13.6. The van der Waals surface area contributed by atoms with Gasteiger partial charge in [0, 0.05) is 13.1 Å². The number of hydrogen-bond acceptors (Lipinski definition) is 5. The van der Waals surface area contributed by atoms with Gasteiger partial charge < -0.3 is 4.90 Å². The zero-order valence-electron chi connectivity index (χ0n) is 12.8. The summed E-state index contributed by atoms with van der Waals surface area (Å²) in [7, 11) is 0. The number of benzene rings is 1. The number of nitrogens with one attached hydrogen (secondary N) is 2. The summed E-state index contributed by atoms with van der Waals surface area (Å²) in [6.07, 6.45) is 3.31. The van der Waals surface area contributed by atoms with Gasteiger partial charge in [-0.2, -0.15) is 0 Å². The van der Waals surface area contributed by atoms with Crippen LogP contribution in [0.15, 0.2) is 18.3 Å². The Labute approximate surface area is 146 Å². The number of amides is 1. The topological polar surface area (TPSA) is 70.2 Å². The number of aromatic nitrogens is 2. The van der Waals surface area contributed by atoms with Gasteiger partial charge in [0.15, 0.2) is 23.1 Å². The molecule has 0 bridgehead atoms. The van der Waals surface area contributed by atoms with Crippen LogP contribution in [0.3, 0.4) is 0 Å². The van der Waals surface area contributed by atoms with Crippen LogP contribution in [-0.2, 0) is 0 Å². The maximum atomic E-state index is 13.6. The van der Waals surface area contributed by atoms with E-state index in [-0.39, 0.29) is 10.7 Å². The lowest BCUT2D eigenvalue weighted by atomic mass is 10.3. The number of rotatable bonds is 4. The smallest absolute Gasteiger partial charge is 0.289 e. The number of halogens is 4. The molecule has 0 aliphatic carbocycles. The highest BCUT2D eigenvalue weighted by Gasteiger charge is 2.20. The highest BCUT2D eigenvalue weighted by atomic mass is 35.5. The number of hydrazine groups is 1. The summed E-state index contributed by atoms with van der Waals surface area (Å²) < 4.78 is 39.7. The van der Waals surface area contributed by atoms with Gasteiger partial charge in [0.2, 0.25) is 5.95 Å². The maximum Gasteiger partial charge on any atom is 0.289 e. The number of nitrogens with zero attached hydrogens (tertiary/aromatic N) is 3. The Morgan fingerprint density at radius 2 is 1.88 bits per heavy atom. The summed E-state index contributed by atoms with van der Waals surface area (Å²) in [6, 6.07) is 1.68. The lowest BCUT2D eigenvalue weighted by molar-refractivity contribution is 0.0957. The number of carbonyl (C=O) groups is 1. The molecule has 0 atom stereocenters. The Kier molecular flexibility index (Phi) is 4.93. The van der Waals surface area contributed by atoms with E-state index in [1.807, 2.05) is 4.90 Å². The minimum atomic E-state index is -1.64. The van der Waals surface area contributed by atoms with E-state index in [0.717, 1.165) is 38.1 Å². The minimum Gasteiger partial charge on any atom is -0.341 e. The predicted octanol–water partition coefficient (Wildman–Crippen LogP) is 2.90. The molecule has 6 nitrogen and oxygen atoms in total. The normalized spacial score (nSPS) is 13.8. The Balaban J connectivity index is 1.75. The van der Waals surface area contributed by atoms with Gasteiger partial charge in [0.25, 0.3) is 5.91 Å². The van der Waals surface area contributed by atoms with Crippen molar-refractivity contribution < 1.29 is 18.0 Å². The lowest BCUT2D eigenvalue weighted by Gasteiger charge is -2.16. The van der Waals surface area contributed by atoms with Gasteiger partial charge in [-0.25, -0.2) is 23.1 Å². The Hall–Kier alpha value is -2.55. The lowest BCUT2D eigenvalue weighted by Crippen LogP contribution is -2.32. The molecule has 3 rings (SSSR count). The highest BCUT2D eigenvalue weighted by Crippen LogP contribution is 2.21. The summed E-state index contributed by atoms with van der Waals surface area (Å²) in [5.74, 6) is -4.83. The number of carbonyl (C=O) groups excluding carboxylic acids is 1. The molecule has 0 saturated carbocycles. The first-order chi connectivity index (χ1) is 12.0. The summed E-state index contributed by atoms with van der Waals surface area (Å²) in [5.41, 5.74) is 3.78. The first-order valence-electron chi connectivity index (χ1n) is 7.44. The molecule has 1 fully saturated rings. The molecular formula is C15H13ClF3N5O. The molecule has 2 heterocycles. The first-order valence-corrected chi connectivity index (χ1v) is 7.82. The van der Waals surface area contributed by atoms with E-state index in [1.54, 1.807) is 0 Å². The second-order valence-electron chi connectivity index (χ2n) is 5.36. The molecule has 1 amide bonds. The molecule has 25 heavy (non-hydrogen) atoms. The van der Waals surface area contributed by atoms with Crippen LogP contribution in [0.1, 0.15) is 23.3 Å². The van der Waals surface area contributed by atoms with Gasteiger partial charge in [-0.15, -0.1) is 0 Å². The fourth-order valence-corrected chi connectivity index (χ4v) is 2.57. The zero-order chi connectivity index (χ0) is 18.0. The molecule has 10 heteroatoms. The Morgan fingerprint density at radius 3 is 2.60 bits per heavy atom. The molecule has 1 aliphatic heterocycles. The molecule has 1 saturated heterocycles. The molecule has 0 spiro atoms. The van der Waals surface area contributed by atoms with E-state index in [9.17, 15) is 18.0 Å². The van der Waals surface area contributed by atoms with E-state index in [4.69, 9.17) is 11.6 Å². The van der Waals surface area contributed by atoms with Crippen LogP contribution in [0, 0.1) is 17.5 Å². The van der Waals surface area contributed by atoms with E-state index in [0.29, 0.717) is 5.95 Å². The molecule has 132 valence electrons. The molecule has 0 radical (unpaired) electrons. The van der Waals surface area contributed by atoms with Gasteiger partial charge in [0.1, 0.15) is 0 Å². The van der Waals surface area contributed by atoms with Crippen LogP contribution in [0.5, 0.6) is 0 Å². The van der Waals surface area contributed by atoms with E-state index < -0.39 is 29.0 Å². The standard InChI is InChI=1S/C15H13ClF3N5O/c16-8-7-20-15(24-5-1-2-6-24)21-13(8)14(25)23-22-10-4-3-9(17)11(18)12(10)19/h3-4,7,22H,1-2,5-6H2,(H,23,25). The van der Waals surface area contributed by atoms with Crippen molar-refractivity contribution in [1.82, 2.24) is 15.4 Å². The Bertz CT molecular complexity index is 814. The fraction of sp³-hybridized carbons (Fsp3) is 0.267. The van der Waals surface area contributed by atoms with Crippen molar-refractivity contribution in [1.29, 1.82) is 0 Å². The molecule has 1 aliphatic rings. The van der Waals surface area contributed by atoms with Crippen molar-refractivity contribution in [3.05, 3.63) is 46.5 Å². The van der Waals surface area contributed by atoms with Gasteiger partial charge in [0.05, 0.1) is 16.9 Å². The average Bonchev–Trinajstić information content (AvgIpc) is 3.14. The quantitative estimate of drug-likeness (QED) is 0.639. The average molecular weight is 372 g/mol. The van der Waals surface area contributed by atoms with Crippen LogP contribution in [0.4, 0.5) is 24.8 Å². The number of hydrogen-bond donors (Lipinski definition) is 2. The van der Waals surface area contributed by atoms with Crippen molar-refractivity contribution in [3.8, 4) is 0 Å². The number of anilines is 2. The van der Waals surface area contributed by atoms with Crippen molar-refractivity contribution in [3.63, 3.8) is 0 Å². The van der Waals surface area contributed by atoms with Crippen molar-refractivity contribution in [2.45, 2.75) is 12.8 Å². The summed E-state index contributed by atoms with van der Waals surface area (Å²) in [5, 5.41) is 0.00741. The summed E-state index contributed by atoms with van der Waals surface area (Å²) in [6.45, 7) is 1.56. The fourth-order valence-electron chi connectivity index (χ4n) is 2.39. The van der Waals surface area contributed by atoms with Gasteiger partial charge in [-0.05, 0) is 25.0 Å². The van der Waals surface area contributed by atoms with Crippen molar-refractivity contribution >= 4 is 29.1 Å². The third kappa shape index (κ3) is 3.60. The van der Waals surface area contributed by atoms with Gasteiger partial charge >= 0.3 is 0 Å². The molecule has 1 aromatic carbocycles. The third-order valence-corrected chi connectivity index (χ3v) is 3.96. The van der Waals surface area contributed by atoms with Crippen LogP contribution >= 0.6 is 11.6 Å². The van der Waals surface area contributed by atoms with Gasteiger partial charge in [-0.1, -0.05) is 11.6 Å². The van der Waals surface area contributed by atoms with E-state index >= 15 is 0 Å². The van der Waals surface area contributed by atoms with Crippen molar-refractivity contribution in [2.24, 2.45) is 0 Å². The highest BCUT2D eigenvalue weighted by molar-refractivity contribution is 6.33. The first kappa shape index (κ1) is 17.3. The van der Waals surface area contributed by atoms with Crippen molar-refractivity contribution in [2.75, 3.05) is 23.4 Å². The van der Waals surface area contributed by atoms with E-state index in [1.165, 1.54) is 6.20 Å². The summed E-state index contributed by atoms with van der Waals surface area (Å²) in [4.78, 5) is 22.3. The van der Waals surface area contributed by atoms with Crippen LogP contribution in [0.25, 0.3) is 0 Å². The molecule has 2 aromatic rings. The van der Waals surface area contributed by atoms with Crippen LogP contribution in [0.2, 0.25) is 5.02 Å². The SMILES string of the molecule is O=C(NNc1ccc(F)c(F)c1F)c1nc(N2CCCC2)ncc1Cl. The summed E-state index contributed by atoms with van der Waals surface area (Å²) >= 11 is 5.94. The van der Waals surface area contributed by atoms with Crippen LogP contribution < -0.4 is 15.8 Å². The van der Waals surface area contributed by atoms with E-state index in [2.05, 4.69) is 20.8 Å². The third-order valence-electron chi connectivity index (χ3n) is 3.68. The monoisotopic (exact) mass is 371 g/mol. The molecule has 1 aromatic heterocycles. The second kappa shape index (κ2) is 7.14. The van der Waals surface area contributed by atoms with Gasteiger partial charge in [-0.3, -0.25) is 15.6 Å². The molecule has 2 N–H and O–H groups in total. The largest absolute Gasteiger partial charge is 0.341 e. The zero-order valence-corrected chi connectivity index (χ0v) is 13.6. The minimum absolute atomic E-state index is 0.00741. The van der Waals surface area contributed by atoms with Crippen LogP contribution in [-0.4, -0.2) is 29.0 Å². The molecular weight excluding hydrogens is 359 g/mol. The predicted molar refractivity (Wildman–Crippen MR) is 85.9 cm³/mol. The Morgan fingerprint density at radius 1 is 1.16 bits per heavy atom.